The van der Waals surface area contributed by atoms with Crippen LogP contribution < -0.4 is 0 Å². The fraction of sp³-hybridized carbons (Fsp3) is 0.750. The summed E-state index contributed by atoms with van der Waals surface area (Å²) in [7, 11) is 0. The molecule has 0 amide bonds. The smallest absolute Gasteiger partial charge is 0.0863 e. The Hall–Kier alpha value is -0.870. The highest BCUT2D eigenvalue weighted by Crippen LogP contribution is 2.24. The van der Waals surface area contributed by atoms with Gasteiger partial charge in [0.05, 0.1) is 18.4 Å². The van der Waals surface area contributed by atoms with Crippen molar-refractivity contribution in [2.45, 2.75) is 45.4 Å². The van der Waals surface area contributed by atoms with Gasteiger partial charge >= 0.3 is 0 Å². The van der Waals surface area contributed by atoms with Crippen LogP contribution in [0.25, 0.3) is 0 Å². The number of aliphatic hydroxyl groups is 1. The number of nitrogens with zero attached hydrogens (tertiary/aromatic N) is 2. The zero-order chi connectivity index (χ0) is 11.5. The van der Waals surface area contributed by atoms with Crippen molar-refractivity contribution in [2.75, 3.05) is 6.61 Å². The molecule has 0 aliphatic carbocycles. The fourth-order valence-corrected chi connectivity index (χ4v) is 2.25. The van der Waals surface area contributed by atoms with Crippen molar-refractivity contribution in [2.24, 2.45) is 5.92 Å². The minimum Gasteiger partial charge on any atom is -0.390 e. The molecule has 1 aliphatic heterocycles. The maximum Gasteiger partial charge on any atom is 0.0863 e. The fourth-order valence-electron chi connectivity index (χ4n) is 2.25. The molecule has 16 heavy (non-hydrogen) atoms. The zero-order valence-electron chi connectivity index (χ0n) is 9.97. The van der Waals surface area contributed by atoms with Crippen LogP contribution in [0.2, 0.25) is 0 Å². The summed E-state index contributed by atoms with van der Waals surface area (Å²) in [5.41, 5.74) is 1.08. The minimum atomic E-state index is -0.410. The Bertz CT molecular complexity index is 338. The van der Waals surface area contributed by atoms with E-state index < -0.39 is 6.10 Å². The van der Waals surface area contributed by atoms with Gasteiger partial charge in [-0.15, -0.1) is 0 Å². The number of hydrogen-bond donors (Lipinski definition) is 1. The number of hydrogen-bond acceptors (Lipinski definition) is 3. The van der Waals surface area contributed by atoms with Crippen LogP contribution in [0.5, 0.6) is 0 Å². The number of aliphatic hydroxyl groups excluding tert-OH is 1. The molecule has 1 aromatic rings. The van der Waals surface area contributed by atoms with Crippen molar-refractivity contribution in [3.05, 3.63) is 18.0 Å². The van der Waals surface area contributed by atoms with E-state index >= 15 is 0 Å². The second kappa shape index (κ2) is 4.97. The van der Waals surface area contributed by atoms with E-state index in [4.69, 9.17) is 4.74 Å². The lowest BCUT2D eigenvalue weighted by Gasteiger charge is -2.20. The highest BCUT2D eigenvalue weighted by molar-refractivity contribution is 5.06. The molecule has 1 N–H and O–H groups in total. The van der Waals surface area contributed by atoms with Gasteiger partial charge in [-0.1, -0.05) is 6.92 Å². The third-order valence-corrected chi connectivity index (χ3v) is 3.28. The average Bonchev–Trinajstić information content (AvgIpc) is 2.86. The van der Waals surface area contributed by atoms with Crippen molar-refractivity contribution in [1.82, 2.24) is 9.78 Å². The first-order chi connectivity index (χ1) is 7.70. The molecule has 1 saturated heterocycles. The van der Waals surface area contributed by atoms with Crippen molar-refractivity contribution in [1.29, 1.82) is 0 Å². The SMILES string of the molecule is CCn1cc(CC(O)C2OCCC2C)cn1. The average molecular weight is 224 g/mol. The second-order valence-electron chi connectivity index (χ2n) is 4.58. The summed E-state index contributed by atoms with van der Waals surface area (Å²) < 4.78 is 7.43. The summed E-state index contributed by atoms with van der Waals surface area (Å²) >= 11 is 0. The highest BCUT2D eigenvalue weighted by Gasteiger charge is 2.30. The Morgan fingerprint density at radius 1 is 1.69 bits per heavy atom. The summed E-state index contributed by atoms with van der Waals surface area (Å²) in [6.45, 7) is 5.83. The molecule has 0 bridgehead atoms. The van der Waals surface area contributed by atoms with Crippen molar-refractivity contribution in [3.63, 3.8) is 0 Å². The molecular weight excluding hydrogens is 204 g/mol. The van der Waals surface area contributed by atoms with Gasteiger partial charge in [0.25, 0.3) is 0 Å². The monoisotopic (exact) mass is 224 g/mol. The molecule has 1 fully saturated rings. The molecule has 3 atom stereocenters. The molecule has 4 nitrogen and oxygen atoms in total. The molecule has 1 aromatic heterocycles. The standard InChI is InChI=1S/C12H20N2O2/c1-3-14-8-10(7-13-14)6-11(15)12-9(2)4-5-16-12/h7-9,11-12,15H,3-6H2,1-2H3. The van der Waals surface area contributed by atoms with Gasteiger partial charge in [-0.25, -0.2) is 0 Å². The van der Waals surface area contributed by atoms with E-state index in [2.05, 4.69) is 18.9 Å². The first-order valence-corrected chi connectivity index (χ1v) is 6.01. The number of aryl methyl sites for hydroxylation is 1. The second-order valence-corrected chi connectivity index (χ2v) is 4.58. The summed E-state index contributed by atoms with van der Waals surface area (Å²) in [4.78, 5) is 0. The maximum absolute atomic E-state index is 10.1. The lowest BCUT2D eigenvalue weighted by atomic mass is 9.96. The lowest BCUT2D eigenvalue weighted by Crippen LogP contribution is -2.31. The molecular formula is C12H20N2O2. The molecule has 1 aliphatic rings. The third-order valence-electron chi connectivity index (χ3n) is 3.28. The van der Waals surface area contributed by atoms with E-state index in [-0.39, 0.29) is 6.10 Å². The van der Waals surface area contributed by atoms with Gasteiger partial charge < -0.3 is 9.84 Å². The number of aromatic nitrogens is 2. The van der Waals surface area contributed by atoms with Crippen LogP contribution in [0.1, 0.15) is 25.8 Å². The van der Waals surface area contributed by atoms with Crippen molar-refractivity contribution >= 4 is 0 Å². The highest BCUT2D eigenvalue weighted by atomic mass is 16.5. The summed E-state index contributed by atoms with van der Waals surface area (Å²) in [6, 6.07) is 0. The molecule has 0 radical (unpaired) electrons. The lowest BCUT2D eigenvalue weighted by molar-refractivity contribution is -0.0157. The number of ether oxygens (including phenoxy) is 1. The summed E-state index contributed by atoms with van der Waals surface area (Å²) in [6.07, 6.45) is 5.08. The van der Waals surface area contributed by atoms with Crippen LogP contribution in [0, 0.1) is 5.92 Å². The predicted molar refractivity (Wildman–Crippen MR) is 61.1 cm³/mol. The first kappa shape index (κ1) is 11.6. The molecule has 90 valence electrons. The Labute approximate surface area is 96.2 Å². The third kappa shape index (κ3) is 2.44. The van der Waals surface area contributed by atoms with Gasteiger partial charge in [0, 0.05) is 25.8 Å². The van der Waals surface area contributed by atoms with Crippen LogP contribution in [-0.2, 0) is 17.7 Å². The Morgan fingerprint density at radius 3 is 3.06 bits per heavy atom. The molecule has 4 heteroatoms. The molecule has 0 spiro atoms. The van der Waals surface area contributed by atoms with Crippen LogP contribution in [0.3, 0.4) is 0 Å². The summed E-state index contributed by atoms with van der Waals surface area (Å²) in [5, 5.41) is 14.3. The zero-order valence-corrected chi connectivity index (χ0v) is 9.97. The molecule has 2 heterocycles. The Kier molecular flexibility index (Phi) is 3.61. The van der Waals surface area contributed by atoms with Gasteiger partial charge in [-0.3, -0.25) is 4.68 Å². The predicted octanol–water partition coefficient (Wildman–Crippen LogP) is 1.23. The van der Waals surface area contributed by atoms with E-state index in [0.29, 0.717) is 12.3 Å². The minimum absolute atomic E-state index is 0.00928. The molecule has 3 unspecified atom stereocenters. The maximum atomic E-state index is 10.1. The Balaban J connectivity index is 1.93. The van der Waals surface area contributed by atoms with Crippen LogP contribution in [-0.4, -0.2) is 33.7 Å². The molecule has 2 rings (SSSR count). The van der Waals surface area contributed by atoms with E-state index in [1.807, 2.05) is 17.1 Å². The van der Waals surface area contributed by atoms with Gasteiger partial charge in [0.15, 0.2) is 0 Å². The Morgan fingerprint density at radius 2 is 2.50 bits per heavy atom. The van der Waals surface area contributed by atoms with E-state index in [1.54, 1.807) is 0 Å². The number of rotatable bonds is 4. The van der Waals surface area contributed by atoms with Gasteiger partial charge in [0.1, 0.15) is 0 Å². The van der Waals surface area contributed by atoms with Crippen LogP contribution >= 0.6 is 0 Å². The van der Waals surface area contributed by atoms with Gasteiger partial charge in [-0.05, 0) is 24.8 Å². The van der Waals surface area contributed by atoms with Crippen LogP contribution in [0.15, 0.2) is 12.4 Å². The summed E-state index contributed by atoms with van der Waals surface area (Å²) in [5.74, 6) is 0.455. The molecule has 0 aromatic carbocycles. The molecule has 0 saturated carbocycles. The van der Waals surface area contributed by atoms with E-state index in [9.17, 15) is 5.11 Å². The normalized spacial score (nSPS) is 27.2. The first-order valence-electron chi connectivity index (χ1n) is 6.01. The van der Waals surface area contributed by atoms with Crippen LogP contribution in [0.4, 0.5) is 0 Å². The topological polar surface area (TPSA) is 47.3 Å². The quantitative estimate of drug-likeness (QED) is 0.836. The van der Waals surface area contributed by atoms with Crippen molar-refractivity contribution < 1.29 is 9.84 Å². The van der Waals surface area contributed by atoms with Gasteiger partial charge in [0.2, 0.25) is 0 Å². The van der Waals surface area contributed by atoms with E-state index in [1.165, 1.54) is 0 Å². The van der Waals surface area contributed by atoms with Gasteiger partial charge in [-0.2, -0.15) is 5.10 Å². The van der Waals surface area contributed by atoms with Crippen molar-refractivity contribution in [3.8, 4) is 0 Å². The van der Waals surface area contributed by atoms with E-state index in [0.717, 1.165) is 25.1 Å². The largest absolute Gasteiger partial charge is 0.390 e.